The normalized spacial score (nSPS) is 16.5. The van der Waals surface area contributed by atoms with E-state index in [1.54, 1.807) is 18.2 Å². The fourth-order valence-electron chi connectivity index (χ4n) is 2.43. The highest BCUT2D eigenvalue weighted by molar-refractivity contribution is 7.90. The number of aryl methyl sites for hydroxylation is 1. The number of nitrogens with zero attached hydrogens (tertiary/aromatic N) is 1. The highest BCUT2D eigenvalue weighted by Crippen LogP contribution is 2.22. The minimum Gasteiger partial charge on any atom is -0.324 e. The zero-order valence-corrected chi connectivity index (χ0v) is 13.9. The quantitative estimate of drug-likeness (QED) is 0.889. The molecule has 6 nitrogen and oxygen atoms in total. The lowest BCUT2D eigenvalue weighted by atomic mass is 10.1. The van der Waals surface area contributed by atoms with Gasteiger partial charge in [-0.2, -0.15) is 0 Å². The third kappa shape index (κ3) is 3.30. The van der Waals surface area contributed by atoms with Crippen molar-refractivity contribution in [2.75, 3.05) is 11.9 Å². The summed E-state index contributed by atoms with van der Waals surface area (Å²) < 4.78 is 26.3. The Morgan fingerprint density at radius 1 is 1.12 bits per heavy atom. The number of amidine groups is 1. The molecule has 0 saturated carbocycles. The smallest absolute Gasteiger partial charge is 0.263 e. The van der Waals surface area contributed by atoms with Crippen LogP contribution in [0, 0.1) is 0 Å². The van der Waals surface area contributed by atoms with Gasteiger partial charge in [-0.15, -0.1) is 0 Å². The van der Waals surface area contributed by atoms with Crippen molar-refractivity contribution in [3.05, 3.63) is 59.7 Å². The van der Waals surface area contributed by atoms with Gasteiger partial charge in [-0.1, -0.05) is 31.2 Å². The van der Waals surface area contributed by atoms with Gasteiger partial charge >= 0.3 is 0 Å². The van der Waals surface area contributed by atoms with Crippen molar-refractivity contribution in [2.24, 2.45) is 4.99 Å². The van der Waals surface area contributed by atoms with Gasteiger partial charge in [-0.3, -0.25) is 14.5 Å². The second-order valence-corrected chi connectivity index (χ2v) is 7.02. The first-order valence-corrected chi connectivity index (χ1v) is 9.03. The summed E-state index contributed by atoms with van der Waals surface area (Å²) in [7, 11) is -3.58. The van der Waals surface area contributed by atoms with Crippen molar-refractivity contribution < 1.29 is 13.2 Å². The SMILES string of the molecule is CCc1ccc(NC(=O)CN=C2NS(=O)(=O)c3ccccc32)cc1. The molecule has 0 radical (unpaired) electrons. The van der Waals surface area contributed by atoms with Gasteiger partial charge in [0.15, 0.2) is 0 Å². The summed E-state index contributed by atoms with van der Waals surface area (Å²) in [5, 5.41) is 2.74. The first-order chi connectivity index (χ1) is 11.5. The minimum absolute atomic E-state index is 0.165. The summed E-state index contributed by atoms with van der Waals surface area (Å²) in [5.41, 5.74) is 2.35. The van der Waals surface area contributed by atoms with Gasteiger partial charge in [0.1, 0.15) is 12.4 Å². The molecule has 0 atom stereocenters. The largest absolute Gasteiger partial charge is 0.324 e. The lowest BCUT2D eigenvalue weighted by Crippen LogP contribution is -2.24. The van der Waals surface area contributed by atoms with Crippen LogP contribution in [0.1, 0.15) is 18.1 Å². The Hall–Kier alpha value is -2.67. The van der Waals surface area contributed by atoms with Crippen molar-refractivity contribution >= 4 is 27.5 Å². The molecule has 3 rings (SSSR count). The highest BCUT2D eigenvalue weighted by Gasteiger charge is 2.30. The molecule has 0 fully saturated rings. The van der Waals surface area contributed by atoms with Gasteiger partial charge in [0.05, 0.1) is 4.90 Å². The number of benzene rings is 2. The molecule has 124 valence electrons. The Balaban J connectivity index is 1.71. The van der Waals surface area contributed by atoms with Crippen molar-refractivity contribution in [1.82, 2.24) is 4.72 Å². The molecule has 2 N–H and O–H groups in total. The number of hydrogen-bond acceptors (Lipinski definition) is 4. The predicted octanol–water partition coefficient (Wildman–Crippen LogP) is 1.93. The second kappa shape index (κ2) is 6.45. The van der Waals surface area contributed by atoms with E-state index in [0.29, 0.717) is 11.3 Å². The van der Waals surface area contributed by atoms with Gasteiger partial charge in [-0.25, -0.2) is 8.42 Å². The molecule has 1 amide bonds. The van der Waals surface area contributed by atoms with E-state index in [4.69, 9.17) is 0 Å². The summed E-state index contributed by atoms with van der Waals surface area (Å²) in [6, 6.07) is 14.1. The van der Waals surface area contributed by atoms with Crippen LogP contribution in [-0.2, 0) is 21.2 Å². The fourth-order valence-corrected chi connectivity index (χ4v) is 3.68. The number of carbonyl (C=O) groups is 1. The first kappa shape index (κ1) is 16.2. The standard InChI is InChI=1S/C17H17N3O3S/c1-2-12-7-9-13(10-8-12)19-16(21)11-18-17-14-5-3-4-6-15(14)24(22,23)20-17/h3-10H,2,11H2,1H3,(H,18,20)(H,19,21). The number of fused-ring (bicyclic) bond motifs is 1. The minimum atomic E-state index is -3.58. The molecule has 0 aromatic heterocycles. The second-order valence-electron chi connectivity index (χ2n) is 5.37. The number of nitrogens with one attached hydrogen (secondary N) is 2. The molecule has 7 heteroatoms. The van der Waals surface area contributed by atoms with Crippen LogP contribution in [0.5, 0.6) is 0 Å². The third-order valence-corrected chi connectivity index (χ3v) is 5.09. The van der Waals surface area contributed by atoms with E-state index in [0.717, 1.165) is 6.42 Å². The summed E-state index contributed by atoms with van der Waals surface area (Å²) in [6.07, 6.45) is 0.932. The number of sulfonamides is 1. The number of hydrogen-bond donors (Lipinski definition) is 2. The van der Waals surface area contributed by atoms with Crippen molar-refractivity contribution in [1.29, 1.82) is 0 Å². The average molecular weight is 343 g/mol. The number of carbonyl (C=O) groups excluding carboxylic acids is 1. The van der Waals surface area contributed by atoms with Crippen LogP contribution in [0.15, 0.2) is 58.4 Å². The van der Waals surface area contributed by atoms with Crippen LogP contribution in [0.4, 0.5) is 5.69 Å². The maximum Gasteiger partial charge on any atom is 0.263 e. The number of amides is 1. The van der Waals surface area contributed by atoms with E-state index in [-0.39, 0.29) is 23.2 Å². The van der Waals surface area contributed by atoms with Crippen molar-refractivity contribution in [2.45, 2.75) is 18.2 Å². The van der Waals surface area contributed by atoms with E-state index >= 15 is 0 Å². The molecule has 1 aliphatic rings. The van der Waals surface area contributed by atoms with Gasteiger partial charge in [0.2, 0.25) is 5.91 Å². The molecule has 1 heterocycles. The van der Waals surface area contributed by atoms with Gasteiger partial charge in [-0.05, 0) is 36.2 Å². The van der Waals surface area contributed by atoms with E-state index in [2.05, 4.69) is 22.0 Å². The Kier molecular flexibility index (Phi) is 4.35. The van der Waals surface area contributed by atoms with Crippen LogP contribution in [-0.4, -0.2) is 26.7 Å². The van der Waals surface area contributed by atoms with E-state index in [1.807, 2.05) is 24.3 Å². The molecule has 2 aromatic rings. The lowest BCUT2D eigenvalue weighted by Gasteiger charge is -2.05. The van der Waals surface area contributed by atoms with Gasteiger partial charge in [0.25, 0.3) is 10.0 Å². The molecule has 0 saturated heterocycles. The van der Waals surface area contributed by atoms with E-state index in [9.17, 15) is 13.2 Å². The highest BCUT2D eigenvalue weighted by atomic mass is 32.2. The van der Waals surface area contributed by atoms with Crippen LogP contribution in [0.3, 0.4) is 0 Å². The van der Waals surface area contributed by atoms with Crippen LogP contribution in [0.2, 0.25) is 0 Å². The van der Waals surface area contributed by atoms with Crippen LogP contribution >= 0.6 is 0 Å². The van der Waals surface area contributed by atoms with Gasteiger partial charge < -0.3 is 5.32 Å². The Morgan fingerprint density at radius 3 is 2.54 bits per heavy atom. The molecule has 0 unspecified atom stereocenters. The lowest BCUT2D eigenvalue weighted by molar-refractivity contribution is -0.114. The summed E-state index contributed by atoms with van der Waals surface area (Å²) >= 11 is 0. The summed E-state index contributed by atoms with van der Waals surface area (Å²) in [5.74, 6) is -0.114. The molecule has 1 aliphatic heterocycles. The van der Waals surface area contributed by atoms with E-state index < -0.39 is 10.0 Å². The molecule has 2 aromatic carbocycles. The Labute approximate surface area is 140 Å². The molecular formula is C17H17N3O3S. The molecule has 0 aliphatic carbocycles. The van der Waals surface area contributed by atoms with E-state index in [1.165, 1.54) is 11.6 Å². The zero-order valence-electron chi connectivity index (χ0n) is 13.1. The fraction of sp³-hybridized carbons (Fsp3) is 0.176. The maximum absolute atomic E-state index is 12.0. The monoisotopic (exact) mass is 343 g/mol. The van der Waals surface area contributed by atoms with Crippen molar-refractivity contribution in [3.63, 3.8) is 0 Å². The molecule has 0 bridgehead atoms. The topological polar surface area (TPSA) is 87.6 Å². The van der Waals surface area contributed by atoms with Crippen LogP contribution < -0.4 is 10.0 Å². The summed E-state index contributed by atoms with van der Waals surface area (Å²) in [6.45, 7) is 1.89. The number of rotatable bonds is 4. The third-order valence-electron chi connectivity index (χ3n) is 3.69. The molecule has 0 spiro atoms. The zero-order chi connectivity index (χ0) is 17.2. The Morgan fingerprint density at radius 2 is 1.83 bits per heavy atom. The predicted molar refractivity (Wildman–Crippen MR) is 92.6 cm³/mol. The summed E-state index contributed by atoms with van der Waals surface area (Å²) in [4.78, 5) is 16.3. The maximum atomic E-state index is 12.0. The Bertz CT molecular complexity index is 903. The average Bonchev–Trinajstić information content (AvgIpc) is 2.85. The van der Waals surface area contributed by atoms with Crippen LogP contribution in [0.25, 0.3) is 0 Å². The first-order valence-electron chi connectivity index (χ1n) is 7.55. The molecular weight excluding hydrogens is 326 g/mol. The molecule has 24 heavy (non-hydrogen) atoms. The number of aliphatic imine (C=N–C) groups is 1. The number of anilines is 1. The van der Waals surface area contributed by atoms with Crippen molar-refractivity contribution in [3.8, 4) is 0 Å². The van der Waals surface area contributed by atoms with Gasteiger partial charge in [0, 0.05) is 11.3 Å².